The summed E-state index contributed by atoms with van der Waals surface area (Å²) in [7, 11) is 2.04. The number of hydrogen-bond acceptors (Lipinski definition) is 1. The summed E-state index contributed by atoms with van der Waals surface area (Å²) in [6.07, 6.45) is 7.86. The maximum Gasteiger partial charge on any atom is 0.123 e. The van der Waals surface area contributed by atoms with Gasteiger partial charge >= 0.3 is 0 Å². The summed E-state index contributed by atoms with van der Waals surface area (Å²) < 4.78 is 12.9. The number of nitrogens with one attached hydrogen (secondary N) is 1. The highest BCUT2D eigenvalue weighted by molar-refractivity contribution is 5.16. The number of benzene rings is 1. The Hall–Kier alpha value is -0.890. The van der Waals surface area contributed by atoms with Crippen LogP contribution in [0.4, 0.5) is 4.39 Å². The molecule has 0 bridgehead atoms. The molecule has 1 aromatic rings. The Morgan fingerprint density at radius 1 is 1.06 bits per heavy atom. The molecule has 2 heteroatoms. The van der Waals surface area contributed by atoms with Crippen molar-refractivity contribution < 1.29 is 4.39 Å². The van der Waals surface area contributed by atoms with Gasteiger partial charge in [0.25, 0.3) is 0 Å². The van der Waals surface area contributed by atoms with Crippen molar-refractivity contribution in [2.75, 3.05) is 13.6 Å². The van der Waals surface area contributed by atoms with E-state index in [0.717, 1.165) is 24.8 Å². The minimum absolute atomic E-state index is 0.133. The van der Waals surface area contributed by atoms with Crippen LogP contribution in [0.15, 0.2) is 24.3 Å². The highest BCUT2D eigenvalue weighted by atomic mass is 19.1. The van der Waals surface area contributed by atoms with Crippen LogP contribution in [0, 0.1) is 17.7 Å². The van der Waals surface area contributed by atoms with Gasteiger partial charge in [0.15, 0.2) is 0 Å². The zero-order valence-electron chi connectivity index (χ0n) is 11.3. The van der Waals surface area contributed by atoms with Gasteiger partial charge in [-0.2, -0.15) is 0 Å². The Bertz CT molecular complexity index is 347. The summed E-state index contributed by atoms with van der Waals surface area (Å²) in [6, 6.07) is 7.05. The summed E-state index contributed by atoms with van der Waals surface area (Å²) in [5, 5.41) is 3.33. The van der Waals surface area contributed by atoms with E-state index in [2.05, 4.69) is 5.32 Å². The van der Waals surface area contributed by atoms with E-state index in [-0.39, 0.29) is 5.82 Å². The first kappa shape index (κ1) is 13.5. The molecule has 100 valence electrons. The van der Waals surface area contributed by atoms with E-state index in [9.17, 15) is 4.39 Å². The van der Waals surface area contributed by atoms with Crippen molar-refractivity contribution in [3.63, 3.8) is 0 Å². The topological polar surface area (TPSA) is 12.0 Å². The van der Waals surface area contributed by atoms with E-state index in [0.29, 0.717) is 0 Å². The van der Waals surface area contributed by atoms with Crippen LogP contribution in [0.1, 0.15) is 37.7 Å². The Labute approximate surface area is 110 Å². The van der Waals surface area contributed by atoms with Gasteiger partial charge in [0, 0.05) is 0 Å². The van der Waals surface area contributed by atoms with Crippen molar-refractivity contribution in [3.05, 3.63) is 35.6 Å². The van der Waals surface area contributed by atoms with Gasteiger partial charge in [0.05, 0.1) is 0 Å². The zero-order chi connectivity index (χ0) is 12.8. The first-order valence-electron chi connectivity index (χ1n) is 7.18. The second-order valence-electron chi connectivity index (χ2n) is 5.55. The third kappa shape index (κ3) is 3.81. The number of halogens is 1. The van der Waals surface area contributed by atoms with Crippen LogP contribution in [0.3, 0.4) is 0 Å². The second kappa shape index (κ2) is 6.89. The maximum atomic E-state index is 12.9. The molecule has 0 amide bonds. The molecule has 2 atom stereocenters. The molecule has 0 heterocycles. The molecule has 18 heavy (non-hydrogen) atoms. The summed E-state index contributed by atoms with van der Waals surface area (Å²) in [5.74, 6) is 1.40. The Morgan fingerprint density at radius 2 is 1.72 bits per heavy atom. The van der Waals surface area contributed by atoms with Gasteiger partial charge in [-0.05, 0) is 62.4 Å². The average molecular weight is 249 g/mol. The standard InChI is InChI=1S/C16H24FN/c1-18-12-15-6-4-2-3-5-14(15)11-13-7-9-16(17)10-8-13/h7-10,14-15,18H,2-6,11-12H2,1H3. The molecule has 1 aromatic carbocycles. The average Bonchev–Trinajstić information content (AvgIpc) is 2.59. The van der Waals surface area contributed by atoms with E-state index in [1.807, 2.05) is 19.2 Å². The lowest BCUT2D eigenvalue weighted by molar-refractivity contribution is 0.304. The fourth-order valence-electron chi connectivity index (χ4n) is 3.18. The molecule has 1 saturated carbocycles. The summed E-state index contributed by atoms with van der Waals surface area (Å²) >= 11 is 0. The van der Waals surface area contributed by atoms with Crippen LogP contribution in [0.2, 0.25) is 0 Å². The molecule has 1 N–H and O–H groups in total. The monoisotopic (exact) mass is 249 g/mol. The third-order valence-electron chi connectivity index (χ3n) is 4.19. The molecule has 0 aliphatic heterocycles. The first-order chi connectivity index (χ1) is 8.79. The van der Waals surface area contributed by atoms with Crippen molar-refractivity contribution in [3.8, 4) is 0 Å². The molecule has 2 rings (SSSR count). The highest BCUT2D eigenvalue weighted by Gasteiger charge is 2.23. The molecule has 2 unspecified atom stereocenters. The Balaban J connectivity index is 2.01. The maximum absolute atomic E-state index is 12.9. The summed E-state index contributed by atoms with van der Waals surface area (Å²) in [5.41, 5.74) is 1.28. The SMILES string of the molecule is CNCC1CCCCCC1Cc1ccc(F)cc1. The second-order valence-corrected chi connectivity index (χ2v) is 5.55. The fraction of sp³-hybridized carbons (Fsp3) is 0.625. The molecular weight excluding hydrogens is 225 g/mol. The molecule has 0 spiro atoms. The van der Waals surface area contributed by atoms with E-state index >= 15 is 0 Å². The van der Waals surface area contributed by atoms with Crippen molar-refractivity contribution in [1.29, 1.82) is 0 Å². The van der Waals surface area contributed by atoms with Crippen LogP contribution >= 0.6 is 0 Å². The minimum atomic E-state index is -0.133. The molecule has 1 aliphatic carbocycles. The van der Waals surface area contributed by atoms with Gasteiger partial charge in [-0.25, -0.2) is 4.39 Å². The molecular formula is C16H24FN. The number of hydrogen-bond donors (Lipinski definition) is 1. The van der Waals surface area contributed by atoms with Gasteiger partial charge in [-0.3, -0.25) is 0 Å². The van der Waals surface area contributed by atoms with Gasteiger partial charge in [0.1, 0.15) is 5.82 Å². The fourth-order valence-corrected chi connectivity index (χ4v) is 3.18. The summed E-state index contributed by atoms with van der Waals surface area (Å²) in [4.78, 5) is 0. The summed E-state index contributed by atoms with van der Waals surface area (Å²) in [6.45, 7) is 1.12. The highest BCUT2D eigenvalue weighted by Crippen LogP contribution is 2.31. The van der Waals surface area contributed by atoms with Crippen molar-refractivity contribution in [1.82, 2.24) is 5.32 Å². The van der Waals surface area contributed by atoms with E-state index < -0.39 is 0 Å². The quantitative estimate of drug-likeness (QED) is 0.801. The molecule has 0 saturated heterocycles. The van der Waals surface area contributed by atoms with Crippen LogP contribution in [0.25, 0.3) is 0 Å². The lowest BCUT2D eigenvalue weighted by atomic mass is 9.83. The van der Waals surface area contributed by atoms with Crippen molar-refractivity contribution in [2.45, 2.75) is 38.5 Å². The molecule has 1 nitrogen and oxygen atoms in total. The lowest BCUT2D eigenvalue weighted by Crippen LogP contribution is -2.26. The van der Waals surface area contributed by atoms with Gasteiger partial charge < -0.3 is 5.32 Å². The first-order valence-corrected chi connectivity index (χ1v) is 7.18. The normalized spacial score (nSPS) is 24.8. The van der Waals surface area contributed by atoms with E-state index in [1.54, 1.807) is 12.1 Å². The largest absolute Gasteiger partial charge is 0.319 e. The smallest absolute Gasteiger partial charge is 0.123 e. The molecule has 0 radical (unpaired) electrons. The van der Waals surface area contributed by atoms with Gasteiger partial charge in [0.2, 0.25) is 0 Å². The minimum Gasteiger partial charge on any atom is -0.319 e. The van der Waals surface area contributed by atoms with Crippen molar-refractivity contribution >= 4 is 0 Å². The van der Waals surface area contributed by atoms with E-state index in [1.165, 1.54) is 37.7 Å². The van der Waals surface area contributed by atoms with E-state index in [4.69, 9.17) is 0 Å². The van der Waals surface area contributed by atoms with Crippen LogP contribution < -0.4 is 5.32 Å². The third-order valence-corrected chi connectivity index (χ3v) is 4.19. The Morgan fingerprint density at radius 3 is 2.39 bits per heavy atom. The zero-order valence-corrected chi connectivity index (χ0v) is 11.3. The molecule has 1 fully saturated rings. The molecule has 0 aromatic heterocycles. The van der Waals surface area contributed by atoms with Crippen molar-refractivity contribution in [2.24, 2.45) is 11.8 Å². The lowest BCUT2D eigenvalue weighted by Gasteiger charge is -2.25. The van der Waals surface area contributed by atoms with Crippen LogP contribution in [-0.2, 0) is 6.42 Å². The number of rotatable bonds is 4. The Kier molecular flexibility index (Phi) is 5.18. The molecule has 1 aliphatic rings. The predicted molar refractivity (Wildman–Crippen MR) is 74.1 cm³/mol. The van der Waals surface area contributed by atoms with Crippen LogP contribution in [0.5, 0.6) is 0 Å². The van der Waals surface area contributed by atoms with Gasteiger partial charge in [-0.15, -0.1) is 0 Å². The van der Waals surface area contributed by atoms with Crippen LogP contribution in [-0.4, -0.2) is 13.6 Å². The predicted octanol–water partition coefficient (Wildman–Crippen LogP) is 3.78. The van der Waals surface area contributed by atoms with Gasteiger partial charge in [-0.1, -0.05) is 31.4 Å².